The average molecular weight is 232 g/mol. The summed E-state index contributed by atoms with van der Waals surface area (Å²) < 4.78 is 0. The Labute approximate surface area is 105 Å². The van der Waals surface area contributed by atoms with E-state index in [1.165, 1.54) is 32.2 Å². The maximum Gasteiger partial charge on any atom is 0.0174 e. The lowest BCUT2D eigenvalue weighted by atomic mass is 10.0. The van der Waals surface area contributed by atoms with E-state index in [0.717, 1.165) is 18.0 Å². The van der Waals surface area contributed by atoms with Gasteiger partial charge in [0.2, 0.25) is 0 Å². The van der Waals surface area contributed by atoms with Crippen molar-refractivity contribution in [2.45, 2.75) is 50.6 Å². The monoisotopic (exact) mass is 232 g/mol. The van der Waals surface area contributed by atoms with Gasteiger partial charge in [0.15, 0.2) is 0 Å². The minimum atomic E-state index is 0. The molecule has 3 rings (SSSR count). The van der Waals surface area contributed by atoms with Crippen molar-refractivity contribution in [3.8, 4) is 0 Å². The Morgan fingerprint density at radius 2 is 1.88 bits per heavy atom. The van der Waals surface area contributed by atoms with Crippen LogP contribution in [-0.2, 0) is 0 Å². The van der Waals surface area contributed by atoms with Gasteiger partial charge in [0.25, 0.3) is 0 Å². The second-order valence-electron chi connectivity index (χ2n) is 5.40. The molecule has 1 saturated carbocycles. The van der Waals surface area contributed by atoms with Crippen LogP contribution in [0.15, 0.2) is 30.3 Å². The summed E-state index contributed by atoms with van der Waals surface area (Å²) in [6.45, 7) is 3.73. The van der Waals surface area contributed by atoms with Crippen LogP contribution in [0, 0.1) is 0 Å². The fraction of sp³-hybridized carbons (Fsp3) is 0.600. The Morgan fingerprint density at radius 3 is 2.59 bits per heavy atom. The van der Waals surface area contributed by atoms with Gasteiger partial charge in [-0.2, -0.15) is 0 Å². The number of rotatable bonds is 2. The molecule has 0 amide bonds. The minimum Gasteiger partial charge on any atom is -0.344 e. The Hall–Kier alpha value is -0.860. The molecular weight excluding hydrogens is 208 g/mol. The average Bonchev–Trinajstić information content (AvgIpc) is 3.11. The van der Waals surface area contributed by atoms with E-state index >= 15 is 0 Å². The van der Waals surface area contributed by atoms with Gasteiger partial charge in [0.05, 0.1) is 0 Å². The molecule has 0 radical (unpaired) electrons. The fourth-order valence-corrected chi connectivity index (χ4v) is 3.22. The largest absolute Gasteiger partial charge is 0.344 e. The van der Waals surface area contributed by atoms with Crippen LogP contribution < -0.4 is 6.15 Å². The normalized spacial score (nSPS) is 32.9. The molecule has 3 N–H and O–H groups in total. The maximum atomic E-state index is 2.75. The zero-order chi connectivity index (χ0) is 11.0. The van der Waals surface area contributed by atoms with E-state index in [0.29, 0.717) is 0 Å². The van der Waals surface area contributed by atoms with Gasteiger partial charge >= 0.3 is 0 Å². The predicted molar refractivity (Wildman–Crippen MR) is 72.6 cm³/mol. The molecule has 3 unspecified atom stereocenters. The first-order chi connectivity index (χ1) is 7.86. The Bertz CT molecular complexity index is 349. The molecule has 2 fully saturated rings. The number of hydrogen-bond acceptors (Lipinski definition) is 2. The predicted octanol–water partition coefficient (Wildman–Crippen LogP) is 3.58. The smallest absolute Gasteiger partial charge is 0.0174 e. The lowest BCUT2D eigenvalue weighted by Crippen LogP contribution is -2.39. The molecular formula is C15H24N2. The van der Waals surface area contributed by atoms with E-state index in [4.69, 9.17) is 0 Å². The summed E-state index contributed by atoms with van der Waals surface area (Å²) in [6.07, 6.45) is 5.62. The molecule has 1 aromatic rings. The van der Waals surface area contributed by atoms with Gasteiger partial charge in [0, 0.05) is 18.0 Å². The van der Waals surface area contributed by atoms with Crippen molar-refractivity contribution in [1.29, 1.82) is 0 Å². The molecule has 1 aliphatic carbocycles. The SMILES string of the molecule is CC1CCCCN1C1CC1c1ccccc1.N. The van der Waals surface area contributed by atoms with E-state index in [1.807, 2.05) is 0 Å². The van der Waals surface area contributed by atoms with E-state index in [9.17, 15) is 0 Å². The molecule has 2 nitrogen and oxygen atoms in total. The van der Waals surface area contributed by atoms with Gasteiger partial charge in [-0.05, 0) is 38.3 Å². The fourth-order valence-electron chi connectivity index (χ4n) is 3.22. The second-order valence-corrected chi connectivity index (χ2v) is 5.40. The van der Waals surface area contributed by atoms with Crippen molar-refractivity contribution in [2.75, 3.05) is 6.54 Å². The second kappa shape index (κ2) is 5.19. The van der Waals surface area contributed by atoms with Gasteiger partial charge < -0.3 is 6.15 Å². The van der Waals surface area contributed by atoms with Gasteiger partial charge in [-0.25, -0.2) is 0 Å². The quantitative estimate of drug-likeness (QED) is 0.846. The topological polar surface area (TPSA) is 38.2 Å². The molecule has 1 heterocycles. The van der Waals surface area contributed by atoms with Gasteiger partial charge in [-0.15, -0.1) is 0 Å². The zero-order valence-electron chi connectivity index (χ0n) is 10.8. The van der Waals surface area contributed by atoms with E-state index in [1.54, 1.807) is 5.56 Å². The zero-order valence-corrected chi connectivity index (χ0v) is 10.8. The van der Waals surface area contributed by atoms with Crippen molar-refractivity contribution < 1.29 is 0 Å². The highest BCUT2D eigenvalue weighted by Gasteiger charge is 2.44. The summed E-state index contributed by atoms with van der Waals surface area (Å²) in [4.78, 5) is 2.75. The molecule has 2 heteroatoms. The van der Waals surface area contributed by atoms with Crippen LogP contribution in [0.2, 0.25) is 0 Å². The van der Waals surface area contributed by atoms with Crippen molar-refractivity contribution in [2.24, 2.45) is 0 Å². The molecule has 0 aromatic heterocycles. The van der Waals surface area contributed by atoms with E-state index in [-0.39, 0.29) is 6.15 Å². The molecule has 94 valence electrons. The number of likely N-dealkylation sites (tertiary alicyclic amines) is 1. The standard InChI is InChI=1S/C15H21N.H3N/c1-12-7-5-6-10-16(12)15-11-14(15)13-8-3-2-4-9-13;/h2-4,8-9,12,14-15H,5-7,10-11H2,1H3;1H3. The number of piperidine rings is 1. The van der Waals surface area contributed by atoms with Gasteiger partial charge in [-0.1, -0.05) is 36.8 Å². The first kappa shape index (κ1) is 12.6. The third-order valence-electron chi connectivity index (χ3n) is 4.26. The summed E-state index contributed by atoms with van der Waals surface area (Å²) >= 11 is 0. The van der Waals surface area contributed by atoms with Crippen LogP contribution in [0.25, 0.3) is 0 Å². The van der Waals surface area contributed by atoms with Crippen LogP contribution >= 0.6 is 0 Å². The lowest BCUT2D eigenvalue weighted by Gasteiger charge is -2.33. The van der Waals surface area contributed by atoms with Crippen LogP contribution in [0.1, 0.15) is 44.1 Å². The minimum absolute atomic E-state index is 0. The molecule has 2 aliphatic rings. The van der Waals surface area contributed by atoms with Crippen LogP contribution in [0.3, 0.4) is 0 Å². The van der Waals surface area contributed by atoms with Crippen LogP contribution in [0.4, 0.5) is 0 Å². The number of hydrogen-bond donors (Lipinski definition) is 1. The Morgan fingerprint density at radius 1 is 1.12 bits per heavy atom. The molecule has 0 bridgehead atoms. The van der Waals surface area contributed by atoms with E-state index in [2.05, 4.69) is 42.2 Å². The van der Waals surface area contributed by atoms with Gasteiger partial charge in [0.1, 0.15) is 0 Å². The van der Waals surface area contributed by atoms with E-state index < -0.39 is 0 Å². The molecule has 17 heavy (non-hydrogen) atoms. The summed E-state index contributed by atoms with van der Waals surface area (Å²) in [6, 6.07) is 12.7. The van der Waals surface area contributed by atoms with Crippen molar-refractivity contribution in [3.05, 3.63) is 35.9 Å². The molecule has 1 aliphatic heterocycles. The van der Waals surface area contributed by atoms with Crippen LogP contribution in [-0.4, -0.2) is 23.5 Å². The Kier molecular flexibility index (Phi) is 3.85. The van der Waals surface area contributed by atoms with Crippen molar-refractivity contribution in [3.63, 3.8) is 0 Å². The third kappa shape index (κ3) is 2.53. The first-order valence-corrected chi connectivity index (χ1v) is 6.67. The van der Waals surface area contributed by atoms with Crippen LogP contribution in [0.5, 0.6) is 0 Å². The highest BCUT2D eigenvalue weighted by molar-refractivity contribution is 5.28. The number of nitrogens with zero attached hydrogens (tertiary/aromatic N) is 1. The molecule has 3 atom stereocenters. The van der Waals surface area contributed by atoms with Crippen molar-refractivity contribution >= 4 is 0 Å². The first-order valence-electron chi connectivity index (χ1n) is 6.67. The third-order valence-corrected chi connectivity index (χ3v) is 4.26. The highest BCUT2D eigenvalue weighted by Crippen LogP contribution is 2.46. The maximum absolute atomic E-state index is 2.75. The highest BCUT2D eigenvalue weighted by atomic mass is 15.2. The molecule has 1 saturated heterocycles. The van der Waals surface area contributed by atoms with Gasteiger partial charge in [-0.3, -0.25) is 4.90 Å². The summed E-state index contributed by atoms with van der Waals surface area (Å²) in [7, 11) is 0. The lowest BCUT2D eigenvalue weighted by molar-refractivity contribution is 0.149. The van der Waals surface area contributed by atoms with Crippen molar-refractivity contribution in [1.82, 2.24) is 11.1 Å². The summed E-state index contributed by atoms with van der Waals surface area (Å²) in [5, 5.41) is 0. The number of benzene rings is 1. The molecule has 1 aromatic carbocycles. The summed E-state index contributed by atoms with van der Waals surface area (Å²) in [5.41, 5.74) is 1.55. The Balaban J connectivity index is 0.00000108. The molecule has 0 spiro atoms. The summed E-state index contributed by atoms with van der Waals surface area (Å²) in [5.74, 6) is 0.821.